The summed E-state index contributed by atoms with van der Waals surface area (Å²) in [5.74, 6) is -0.475. The Bertz CT molecular complexity index is 627. The molecule has 0 aliphatic carbocycles. The van der Waals surface area contributed by atoms with E-state index in [1.54, 1.807) is 0 Å². The third kappa shape index (κ3) is 3.67. The average molecular weight is 310 g/mol. The van der Waals surface area contributed by atoms with Gasteiger partial charge in [0.1, 0.15) is 11.6 Å². The van der Waals surface area contributed by atoms with E-state index in [0.717, 1.165) is 22.9 Å². The summed E-state index contributed by atoms with van der Waals surface area (Å²) in [6.45, 7) is 0. The molecule has 0 saturated carbocycles. The molecular weight excluding hydrogens is 302 g/mol. The van der Waals surface area contributed by atoms with Crippen molar-refractivity contribution in [3.05, 3.63) is 36.2 Å². The Kier molecular flexibility index (Phi) is 3.60. The number of imidazole rings is 1. The van der Waals surface area contributed by atoms with Crippen LogP contribution in [0.2, 0.25) is 0 Å². The molecule has 9 heteroatoms. The Morgan fingerprint density at radius 3 is 2.00 bits per heavy atom. The van der Waals surface area contributed by atoms with Crippen LogP contribution in [-0.2, 0) is 13.2 Å². The molecule has 0 spiro atoms. The molecule has 2 aromatic rings. The van der Waals surface area contributed by atoms with Crippen LogP contribution >= 0.6 is 0 Å². The van der Waals surface area contributed by atoms with Crippen LogP contribution in [0.4, 0.5) is 26.3 Å². The van der Waals surface area contributed by atoms with E-state index in [1.807, 2.05) is 0 Å². The predicted octanol–water partition coefficient (Wildman–Crippen LogP) is 4.00. The van der Waals surface area contributed by atoms with Crippen molar-refractivity contribution in [2.75, 3.05) is 0 Å². The lowest BCUT2D eigenvalue weighted by molar-refractivity contribution is -0.274. The highest BCUT2D eigenvalue weighted by Gasteiger charge is 2.34. The second-order valence-electron chi connectivity index (χ2n) is 4.13. The van der Waals surface area contributed by atoms with Crippen LogP contribution in [-0.4, -0.2) is 15.9 Å². The zero-order valence-electron chi connectivity index (χ0n) is 10.5. The molecule has 0 radical (unpaired) electrons. The van der Waals surface area contributed by atoms with Crippen LogP contribution in [0.5, 0.6) is 5.75 Å². The van der Waals surface area contributed by atoms with Gasteiger partial charge in [-0.1, -0.05) is 0 Å². The largest absolute Gasteiger partial charge is 0.573 e. The molecule has 0 atom stereocenters. The van der Waals surface area contributed by atoms with Gasteiger partial charge in [0.15, 0.2) is 5.69 Å². The van der Waals surface area contributed by atoms with Crippen LogP contribution in [0.3, 0.4) is 0 Å². The first-order valence-electron chi connectivity index (χ1n) is 5.53. The minimum atomic E-state index is -4.83. The van der Waals surface area contributed by atoms with Gasteiger partial charge in [-0.3, -0.25) is 0 Å². The Hall–Kier alpha value is -2.19. The molecule has 0 fully saturated rings. The number of hydrogen-bond donors (Lipinski definition) is 0. The number of ether oxygens (including phenoxy) is 1. The van der Waals surface area contributed by atoms with Gasteiger partial charge < -0.3 is 9.30 Å². The summed E-state index contributed by atoms with van der Waals surface area (Å²) < 4.78 is 78.4. The summed E-state index contributed by atoms with van der Waals surface area (Å²) in [5, 5.41) is 0. The molecule has 0 amide bonds. The van der Waals surface area contributed by atoms with Gasteiger partial charge >= 0.3 is 12.5 Å². The van der Waals surface area contributed by atoms with E-state index >= 15 is 0 Å². The van der Waals surface area contributed by atoms with Crippen LogP contribution in [0, 0.1) is 0 Å². The Labute approximate surface area is 114 Å². The van der Waals surface area contributed by atoms with Gasteiger partial charge in [0.25, 0.3) is 0 Å². The summed E-state index contributed by atoms with van der Waals surface area (Å²) in [6.07, 6.45) is -8.61. The van der Waals surface area contributed by atoms with Gasteiger partial charge in [-0.15, -0.1) is 13.2 Å². The van der Waals surface area contributed by atoms with Crippen molar-refractivity contribution in [3.63, 3.8) is 0 Å². The molecule has 0 aliphatic heterocycles. The van der Waals surface area contributed by atoms with Crippen molar-refractivity contribution in [3.8, 4) is 17.1 Å². The highest BCUT2D eigenvalue weighted by atomic mass is 19.4. The van der Waals surface area contributed by atoms with Gasteiger partial charge in [0.05, 0.1) is 0 Å². The van der Waals surface area contributed by atoms with Gasteiger partial charge in [-0.25, -0.2) is 4.98 Å². The maximum Gasteiger partial charge on any atom is 0.573 e. The molecule has 3 nitrogen and oxygen atoms in total. The van der Waals surface area contributed by atoms with E-state index in [-0.39, 0.29) is 11.4 Å². The first kappa shape index (κ1) is 15.2. The summed E-state index contributed by atoms with van der Waals surface area (Å²) in [4.78, 5) is 3.43. The Morgan fingerprint density at radius 2 is 1.57 bits per heavy atom. The number of rotatable bonds is 2. The molecule has 0 bridgehead atoms. The molecule has 114 valence electrons. The normalized spacial score (nSPS) is 12.5. The minimum absolute atomic E-state index is 0.0131. The molecule has 1 heterocycles. The zero-order chi connectivity index (χ0) is 15.8. The fourth-order valence-electron chi connectivity index (χ4n) is 1.68. The molecule has 0 aliphatic rings. The first-order valence-corrected chi connectivity index (χ1v) is 5.53. The highest BCUT2D eigenvalue weighted by Crippen LogP contribution is 2.31. The molecule has 1 aromatic heterocycles. The Morgan fingerprint density at radius 1 is 1.00 bits per heavy atom. The van der Waals surface area contributed by atoms with Gasteiger partial charge in [0, 0.05) is 18.8 Å². The SMILES string of the molecule is Cn1cc(C(F)(F)F)nc1-c1ccc(OC(F)(F)F)cc1. The van der Waals surface area contributed by atoms with E-state index in [2.05, 4.69) is 9.72 Å². The standard InChI is InChI=1S/C12H8F6N2O/c1-20-6-9(11(13,14)15)19-10(20)7-2-4-8(5-3-7)21-12(16,17)18/h2-6H,1H3. The second-order valence-corrected chi connectivity index (χ2v) is 4.13. The third-order valence-corrected chi connectivity index (χ3v) is 2.51. The maximum absolute atomic E-state index is 12.5. The topological polar surface area (TPSA) is 27.1 Å². The maximum atomic E-state index is 12.5. The van der Waals surface area contributed by atoms with E-state index in [1.165, 1.54) is 19.2 Å². The first-order chi connectivity index (χ1) is 9.56. The van der Waals surface area contributed by atoms with Gasteiger partial charge in [-0.05, 0) is 24.3 Å². The fourth-order valence-corrected chi connectivity index (χ4v) is 1.68. The molecule has 0 N–H and O–H groups in total. The van der Waals surface area contributed by atoms with Crippen LogP contribution in [0.1, 0.15) is 5.69 Å². The van der Waals surface area contributed by atoms with Crippen molar-refractivity contribution in [2.45, 2.75) is 12.5 Å². The number of benzene rings is 1. The van der Waals surface area contributed by atoms with Crippen LogP contribution < -0.4 is 4.74 Å². The number of halogens is 6. The fraction of sp³-hybridized carbons (Fsp3) is 0.250. The quantitative estimate of drug-likeness (QED) is 0.784. The van der Waals surface area contributed by atoms with Gasteiger partial charge in [-0.2, -0.15) is 13.2 Å². The summed E-state index contributed by atoms with van der Waals surface area (Å²) >= 11 is 0. The third-order valence-electron chi connectivity index (χ3n) is 2.51. The summed E-state index contributed by atoms with van der Waals surface area (Å²) in [5.41, 5.74) is -0.835. The monoisotopic (exact) mass is 310 g/mol. The Balaban J connectivity index is 2.29. The average Bonchev–Trinajstić information content (AvgIpc) is 2.70. The van der Waals surface area contributed by atoms with Gasteiger partial charge in [0.2, 0.25) is 0 Å². The second kappa shape index (κ2) is 4.97. The van der Waals surface area contributed by atoms with E-state index in [9.17, 15) is 26.3 Å². The van der Waals surface area contributed by atoms with E-state index in [4.69, 9.17) is 0 Å². The van der Waals surface area contributed by atoms with Crippen molar-refractivity contribution in [1.82, 2.24) is 9.55 Å². The van der Waals surface area contributed by atoms with E-state index in [0.29, 0.717) is 0 Å². The molecule has 0 saturated heterocycles. The molecule has 2 rings (SSSR count). The smallest absolute Gasteiger partial charge is 0.406 e. The lowest BCUT2D eigenvalue weighted by Gasteiger charge is -2.09. The number of hydrogen-bond acceptors (Lipinski definition) is 2. The van der Waals surface area contributed by atoms with Crippen molar-refractivity contribution >= 4 is 0 Å². The molecule has 1 aromatic carbocycles. The number of aromatic nitrogens is 2. The van der Waals surface area contributed by atoms with Crippen molar-refractivity contribution in [2.24, 2.45) is 7.05 Å². The summed E-state index contributed by atoms with van der Waals surface area (Å²) in [6, 6.07) is 4.41. The zero-order valence-corrected chi connectivity index (χ0v) is 10.5. The molecule has 0 unspecified atom stereocenters. The molecule has 21 heavy (non-hydrogen) atoms. The number of aryl methyl sites for hydroxylation is 1. The summed E-state index contributed by atoms with van der Waals surface area (Å²) in [7, 11) is 1.36. The van der Waals surface area contributed by atoms with Crippen molar-refractivity contribution < 1.29 is 31.1 Å². The number of nitrogens with zero attached hydrogens (tertiary/aromatic N) is 2. The molecular formula is C12H8F6N2O. The lowest BCUT2D eigenvalue weighted by atomic mass is 10.2. The highest BCUT2D eigenvalue weighted by molar-refractivity contribution is 5.57. The minimum Gasteiger partial charge on any atom is -0.406 e. The van der Waals surface area contributed by atoms with E-state index < -0.39 is 24.0 Å². The van der Waals surface area contributed by atoms with Crippen molar-refractivity contribution in [1.29, 1.82) is 0 Å². The van der Waals surface area contributed by atoms with Crippen LogP contribution in [0.25, 0.3) is 11.4 Å². The predicted molar refractivity (Wildman–Crippen MR) is 60.3 cm³/mol. The van der Waals surface area contributed by atoms with Crippen LogP contribution in [0.15, 0.2) is 30.5 Å². The number of alkyl halides is 6. The lowest BCUT2D eigenvalue weighted by Crippen LogP contribution is -2.16.